The number of hydrogen-bond acceptors (Lipinski definition) is 2. The Bertz CT molecular complexity index is 321. The van der Waals surface area contributed by atoms with Gasteiger partial charge in [0, 0.05) is 24.2 Å². The molecule has 2 nitrogen and oxygen atoms in total. The van der Waals surface area contributed by atoms with Crippen molar-refractivity contribution in [1.29, 1.82) is 0 Å². The molecule has 0 aliphatic heterocycles. The van der Waals surface area contributed by atoms with E-state index in [9.17, 15) is 0 Å². The summed E-state index contributed by atoms with van der Waals surface area (Å²) in [7, 11) is 0. The predicted octanol–water partition coefficient (Wildman–Crippen LogP) is 2.94. The molecule has 1 aromatic rings. The van der Waals surface area contributed by atoms with Gasteiger partial charge < -0.3 is 0 Å². The molecule has 0 unspecified atom stereocenters. The Morgan fingerprint density at radius 3 is 2.64 bits per heavy atom. The molecule has 1 aliphatic rings. The first kappa shape index (κ1) is 9.63. The zero-order valence-corrected chi connectivity index (χ0v) is 9.25. The molecule has 76 valence electrons. The Hall–Kier alpha value is -0.920. The standard InChI is InChI=1S/C12H18N2/c1-12(2,3)8-11-13-7-6-10(14-11)9-4-5-9/h6-7,9H,4-5,8H2,1-3H3. The topological polar surface area (TPSA) is 25.8 Å². The monoisotopic (exact) mass is 190 g/mol. The highest BCUT2D eigenvalue weighted by molar-refractivity contribution is 5.14. The van der Waals surface area contributed by atoms with E-state index in [0.29, 0.717) is 0 Å². The smallest absolute Gasteiger partial charge is 0.129 e. The molecule has 0 N–H and O–H groups in total. The lowest BCUT2D eigenvalue weighted by molar-refractivity contribution is 0.400. The van der Waals surface area contributed by atoms with Crippen molar-refractivity contribution in [2.24, 2.45) is 5.41 Å². The maximum atomic E-state index is 4.61. The van der Waals surface area contributed by atoms with Gasteiger partial charge in [0.2, 0.25) is 0 Å². The van der Waals surface area contributed by atoms with E-state index in [0.717, 1.165) is 18.2 Å². The molecule has 0 aromatic carbocycles. The van der Waals surface area contributed by atoms with Crippen LogP contribution in [0.25, 0.3) is 0 Å². The minimum Gasteiger partial charge on any atom is -0.241 e. The minimum absolute atomic E-state index is 0.280. The Morgan fingerprint density at radius 1 is 1.36 bits per heavy atom. The van der Waals surface area contributed by atoms with E-state index in [2.05, 4.69) is 36.8 Å². The van der Waals surface area contributed by atoms with Gasteiger partial charge in [0.25, 0.3) is 0 Å². The second-order valence-corrected chi connectivity index (χ2v) is 5.41. The highest BCUT2D eigenvalue weighted by atomic mass is 14.9. The van der Waals surface area contributed by atoms with E-state index in [1.54, 1.807) is 0 Å². The summed E-state index contributed by atoms with van der Waals surface area (Å²) in [6.07, 6.45) is 5.49. The second kappa shape index (κ2) is 3.34. The Labute approximate surface area is 85.8 Å². The highest BCUT2D eigenvalue weighted by Crippen LogP contribution is 2.38. The molecule has 0 amide bonds. The van der Waals surface area contributed by atoms with Gasteiger partial charge in [-0.05, 0) is 24.3 Å². The van der Waals surface area contributed by atoms with Crippen LogP contribution in [-0.4, -0.2) is 9.97 Å². The van der Waals surface area contributed by atoms with Gasteiger partial charge >= 0.3 is 0 Å². The molecule has 0 bridgehead atoms. The van der Waals surface area contributed by atoms with E-state index in [-0.39, 0.29) is 5.41 Å². The molecule has 1 aromatic heterocycles. The summed E-state index contributed by atoms with van der Waals surface area (Å²) < 4.78 is 0. The summed E-state index contributed by atoms with van der Waals surface area (Å²) in [5, 5.41) is 0. The predicted molar refractivity (Wildman–Crippen MR) is 57.2 cm³/mol. The molecular formula is C12H18N2. The average Bonchev–Trinajstić information content (AvgIpc) is 2.83. The van der Waals surface area contributed by atoms with Gasteiger partial charge in [-0.2, -0.15) is 0 Å². The molecule has 1 heterocycles. The first-order valence-corrected chi connectivity index (χ1v) is 5.36. The van der Waals surface area contributed by atoms with E-state index in [4.69, 9.17) is 0 Å². The Morgan fingerprint density at radius 2 is 2.07 bits per heavy atom. The number of hydrogen-bond donors (Lipinski definition) is 0. The molecule has 0 atom stereocenters. The van der Waals surface area contributed by atoms with Crippen LogP contribution < -0.4 is 0 Å². The molecule has 1 saturated carbocycles. The minimum atomic E-state index is 0.280. The van der Waals surface area contributed by atoms with Crippen molar-refractivity contribution in [2.45, 2.75) is 46.0 Å². The molecule has 0 radical (unpaired) electrons. The van der Waals surface area contributed by atoms with Crippen molar-refractivity contribution in [3.63, 3.8) is 0 Å². The largest absolute Gasteiger partial charge is 0.241 e. The third-order valence-electron chi connectivity index (χ3n) is 2.41. The third-order valence-corrected chi connectivity index (χ3v) is 2.41. The normalized spacial score (nSPS) is 17.1. The van der Waals surface area contributed by atoms with Crippen LogP contribution in [0.5, 0.6) is 0 Å². The van der Waals surface area contributed by atoms with Gasteiger partial charge in [-0.15, -0.1) is 0 Å². The van der Waals surface area contributed by atoms with Crippen LogP contribution in [0, 0.1) is 5.41 Å². The van der Waals surface area contributed by atoms with Gasteiger partial charge in [0.1, 0.15) is 5.82 Å². The molecule has 14 heavy (non-hydrogen) atoms. The SMILES string of the molecule is CC(C)(C)Cc1nccc(C2CC2)n1. The van der Waals surface area contributed by atoms with Crippen molar-refractivity contribution in [3.8, 4) is 0 Å². The lowest BCUT2D eigenvalue weighted by atomic mass is 9.92. The third kappa shape index (κ3) is 2.53. The summed E-state index contributed by atoms with van der Waals surface area (Å²) in [6, 6.07) is 2.06. The fourth-order valence-corrected chi connectivity index (χ4v) is 1.58. The Kier molecular flexibility index (Phi) is 2.30. The van der Waals surface area contributed by atoms with Crippen molar-refractivity contribution >= 4 is 0 Å². The summed E-state index contributed by atoms with van der Waals surface area (Å²) >= 11 is 0. The van der Waals surface area contributed by atoms with Crippen LogP contribution in [0.1, 0.15) is 51.0 Å². The Balaban J connectivity index is 2.13. The van der Waals surface area contributed by atoms with E-state index in [1.807, 2.05) is 6.20 Å². The van der Waals surface area contributed by atoms with Gasteiger partial charge in [-0.25, -0.2) is 9.97 Å². The first-order valence-electron chi connectivity index (χ1n) is 5.36. The zero-order valence-electron chi connectivity index (χ0n) is 9.25. The number of aromatic nitrogens is 2. The van der Waals surface area contributed by atoms with Crippen LogP contribution in [0.3, 0.4) is 0 Å². The van der Waals surface area contributed by atoms with E-state index < -0.39 is 0 Å². The fraction of sp³-hybridized carbons (Fsp3) is 0.667. The first-order chi connectivity index (χ1) is 6.54. The van der Waals surface area contributed by atoms with E-state index in [1.165, 1.54) is 18.5 Å². The van der Waals surface area contributed by atoms with Gasteiger partial charge in [-0.1, -0.05) is 20.8 Å². The summed E-state index contributed by atoms with van der Waals surface area (Å²) in [5.41, 5.74) is 1.53. The number of nitrogens with zero attached hydrogens (tertiary/aromatic N) is 2. The maximum absolute atomic E-state index is 4.61. The van der Waals surface area contributed by atoms with E-state index >= 15 is 0 Å². The lowest BCUT2D eigenvalue weighted by Gasteiger charge is -2.16. The maximum Gasteiger partial charge on any atom is 0.129 e. The zero-order chi connectivity index (χ0) is 10.2. The quantitative estimate of drug-likeness (QED) is 0.716. The molecule has 1 fully saturated rings. The van der Waals surface area contributed by atoms with Crippen LogP contribution >= 0.6 is 0 Å². The summed E-state index contributed by atoms with van der Waals surface area (Å²) in [5.74, 6) is 1.73. The molecule has 1 aliphatic carbocycles. The average molecular weight is 190 g/mol. The second-order valence-electron chi connectivity index (χ2n) is 5.41. The molecular weight excluding hydrogens is 172 g/mol. The molecule has 0 spiro atoms. The fourth-order valence-electron chi connectivity index (χ4n) is 1.58. The van der Waals surface area contributed by atoms with Crippen LogP contribution in [-0.2, 0) is 6.42 Å². The van der Waals surface area contributed by atoms with Gasteiger partial charge in [0.05, 0.1) is 0 Å². The highest BCUT2D eigenvalue weighted by Gasteiger charge is 2.25. The van der Waals surface area contributed by atoms with Crippen molar-refractivity contribution in [1.82, 2.24) is 9.97 Å². The van der Waals surface area contributed by atoms with Crippen molar-refractivity contribution in [3.05, 3.63) is 23.8 Å². The van der Waals surface area contributed by atoms with Gasteiger partial charge in [-0.3, -0.25) is 0 Å². The van der Waals surface area contributed by atoms with Crippen LogP contribution in [0.15, 0.2) is 12.3 Å². The number of rotatable bonds is 2. The van der Waals surface area contributed by atoms with Crippen LogP contribution in [0.2, 0.25) is 0 Å². The lowest BCUT2D eigenvalue weighted by Crippen LogP contribution is -2.12. The van der Waals surface area contributed by atoms with Crippen LogP contribution in [0.4, 0.5) is 0 Å². The van der Waals surface area contributed by atoms with Crippen molar-refractivity contribution in [2.75, 3.05) is 0 Å². The molecule has 2 rings (SSSR count). The van der Waals surface area contributed by atoms with Gasteiger partial charge in [0.15, 0.2) is 0 Å². The summed E-state index contributed by atoms with van der Waals surface area (Å²) in [6.45, 7) is 6.67. The molecule has 2 heteroatoms. The molecule has 0 saturated heterocycles. The van der Waals surface area contributed by atoms with Crippen molar-refractivity contribution < 1.29 is 0 Å². The summed E-state index contributed by atoms with van der Waals surface area (Å²) in [4.78, 5) is 8.93.